The number of benzene rings is 1. The van der Waals surface area contributed by atoms with Crippen molar-refractivity contribution in [1.82, 2.24) is 5.32 Å². The highest BCUT2D eigenvalue weighted by atomic mass is 16.1. The zero-order valence-electron chi connectivity index (χ0n) is 13.2. The second kappa shape index (κ2) is 8.17. The molecule has 0 atom stereocenters. The lowest BCUT2D eigenvalue weighted by Crippen LogP contribution is -2.27. The SMILES string of the molecule is CCCC(=O)NC1=CC=CCC1=Nc1ccccc1NCC. The van der Waals surface area contributed by atoms with E-state index in [2.05, 4.69) is 17.6 Å². The van der Waals surface area contributed by atoms with Gasteiger partial charge in [0.05, 0.1) is 22.8 Å². The Morgan fingerprint density at radius 2 is 2.09 bits per heavy atom. The van der Waals surface area contributed by atoms with Crippen LogP contribution in [0.2, 0.25) is 0 Å². The molecule has 2 N–H and O–H groups in total. The van der Waals surface area contributed by atoms with Gasteiger partial charge in [-0.2, -0.15) is 0 Å². The van der Waals surface area contributed by atoms with E-state index in [1.807, 2.05) is 49.4 Å². The van der Waals surface area contributed by atoms with E-state index in [1.165, 1.54) is 0 Å². The van der Waals surface area contributed by atoms with Crippen LogP contribution in [0.3, 0.4) is 0 Å². The van der Waals surface area contributed by atoms with Crippen LogP contribution >= 0.6 is 0 Å². The van der Waals surface area contributed by atoms with Crippen LogP contribution in [0.15, 0.2) is 53.2 Å². The number of carbonyl (C=O) groups excluding carboxylic acids is 1. The number of nitrogens with one attached hydrogen (secondary N) is 2. The monoisotopic (exact) mass is 297 g/mol. The highest BCUT2D eigenvalue weighted by molar-refractivity contribution is 6.06. The van der Waals surface area contributed by atoms with Gasteiger partial charge in [0, 0.05) is 19.4 Å². The fourth-order valence-electron chi connectivity index (χ4n) is 2.27. The first kappa shape index (κ1) is 16.0. The molecule has 0 heterocycles. The number of amides is 1. The Balaban J connectivity index is 2.24. The molecule has 0 aliphatic heterocycles. The van der Waals surface area contributed by atoms with Gasteiger partial charge in [-0.3, -0.25) is 4.79 Å². The van der Waals surface area contributed by atoms with Crippen LogP contribution in [0.5, 0.6) is 0 Å². The minimum Gasteiger partial charge on any atom is -0.384 e. The maximum atomic E-state index is 11.8. The summed E-state index contributed by atoms with van der Waals surface area (Å²) in [4.78, 5) is 16.6. The molecule has 1 aliphatic rings. The molecule has 4 nitrogen and oxygen atoms in total. The maximum absolute atomic E-state index is 11.8. The number of rotatable bonds is 6. The Hall–Kier alpha value is -2.36. The Morgan fingerprint density at radius 3 is 2.86 bits per heavy atom. The summed E-state index contributed by atoms with van der Waals surface area (Å²) in [6, 6.07) is 7.95. The number of carbonyl (C=O) groups is 1. The molecule has 0 fully saturated rings. The molecule has 0 spiro atoms. The topological polar surface area (TPSA) is 53.5 Å². The van der Waals surface area contributed by atoms with Gasteiger partial charge in [-0.25, -0.2) is 4.99 Å². The van der Waals surface area contributed by atoms with Crippen molar-refractivity contribution in [2.75, 3.05) is 11.9 Å². The van der Waals surface area contributed by atoms with Gasteiger partial charge in [-0.1, -0.05) is 31.2 Å². The van der Waals surface area contributed by atoms with E-state index in [0.29, 0.717) is 6.42 Å². The van der Waals surface area contributed by atoms with Crippen LogP contribution in [-0.4, -0.2) is 18.2 Å². The van der Waals surface area contributed by atoms with Gasteiger partial charge in [0.2, 0.25) is 5.91 Å². The molecule has 1 amide bonds. The molecule has 0 radical (unpaired) electrons. The van der Waals surface area contributed by atoms with Crippen LogP contribution in [0.1, 0.15) is 33.1 Å². The summed E-state index contributed by atoms with van der Waals surface area (Å²) < 4.78 is 0. The highest BCUT2D eigenvalue weighted by Gasteiger charge is 2.12. The number of aliphatic imine (C=N–C) groups is 1. The summed E-state index contributed by atoms with van der Waals surface area (Å²) in [5.41, 5.74) is 3.58. The molecule has 1 aromatic carbocycles. The third kappa shape index (κ3) is 4.32. The normalized spacial score (nSPS) is 15.5. The lowest BCUT2D eigenvalue weighted by Gasteiger charge is -2.15. The van der Waals surface area contributed by atoms with Crippen molar-refractivity contribution in [1.29, 1.82) is 0 Å². The van der Waals surface area contributed by atoms with Crippen molar-refractivity contribution in [3.8, 4) is 0 Å². The van der Waals surface area contributed by atoms with Crippen molar-refractivity contribution >= 4 is 23.0 Å². The Bertz CT molecular complexity index is 615. The number of nitrogens with zero attached hydrogens (tertiary/aromatic N) is 1. The average molecular weight is 297 g/mol. The molecule has 0 saturated carbocycles. The predicted octanol–water partition coefficient (Wildman–Crippen LogP) is 3.95. The summed E-state index contributed by atoms with van der Waals surface area (Å²) in [6.45, 7) is 4.90. The van der Waals surface area contributed by atoms with Gasteiger partial charge < -0.3 is 10.6 Å². The zero-order chi connectivity index (χ0) is 15.8. The van der Waals surface area contributed by atoms with E-state index in [0.717, 1.165) is 42.2 Å². The van der Waals surface area contributed by atoms with Crippen molar-refractivity contribution in [2.45, 2.75) is 33.1 Å². The summed E-state index contributed by atoms with van der Waals surface area (Å²) >= 11 is 0. The molecule has 1 aromatic rings. The van der Waals surface area contributed by atoms with Crippen LogP contribution in [0.4, 0.5) is 11.4 Å². The zero-order valence-corrected chi connectivity index (χ0v) is 13.2. The largest absolute Gasteiger partial charge is 0.384 e. The number of allylic oxidation sites excluding steroid dienone is 4. The summed E-state index contributed by atoms with van der Waals surface area (Å²) in [5.74, 6) is 0.0386. The first-order valence-corrected chi connectivity index (χ1v) is 7.82. The molecular formula is C18H23N3O. The number of para-hydroxylation sites is 2. The third-order valence-electron chi connectivity index (χ3n) is 3.30. The molecule has 116 valence electrons. The molecular weight excluding hydrogens is 274 g/mol. The Labute approximate surface area is 132 Å². The lowest BCUT2D eigenvalue weighted by molar-refractivity contribution is -0.120. The van der Waals surface area contributed by atoms with Crippen molar-refractivity contribution in [3.63, 3.8) is 0 Å². The van der Waals surface area contributed by atoms with Gasteiger partial charge >= 0.3 is 0 Å². The lowest BCUT2D eigenvalue weighted by atomic mass is 10.1. The summed E-state index contributed by atoms with van der Waals surface area (Å²) in [5, 5.41) is 6.27. The van der Waals surface area contributed by atoms with Crippen molar-refractivity contribution < 1.29 is 4.79 Å². The standard InChI is InChI=1S/C18H23N3O/c1-3-9-18(22)21-17-13-8-7-12-16(17)20-15-11-6-5-10-14(15)19-4-2/h5-8,10-11,13,19H,3-4,9,12H2,1-2H3,(H,21,22). The van der Waals surface area contributed by atoms with E-state index < -0.39 is 0 Å². The van der Waals surface area contributed by atoms with Gasteiger partial charge in [0.15, 0.2) is 0 Å². The van der Waals surface area contributed by atoms with Crippen LogP contribution in [0.25, 0.3) is 0 Å². The molecule has 4 heteroatoms. The third-order valence-corrected chi connectivity index (χ3v) is 3.30. The minimum atomic E-state index is 0.0386. The predicted molar refractivity (Wildman–Crippen MR) is 92.6 cm³/mol. The highest BCUT2D eigenvalue weighted by Crippen LogP contribution is 2.26. The van der Waals surface area contributed by atoms with Crippen LogP contribution < -0.4 is 10.6 Å². The number of hydrogen-bond donors (Lipinski definition) is 2. The summed E-state index contributed by atoms with van der Waals surface area (Å²) in [6.07, 6.45) is 8.00. The molecule has 2 rings (SSSR count). The van der Waals surface area contributed by atoms with Crippen LogP contribution in [0, 0.1) is 0 Å². The molecule has 1 aliphatic carbocycles. The fraction of sp³-hybridized carbons (Fsp3) is 0.333. The number of anilines is 1. The van der Waals surface area contributed by atoms with Crippen molar-refractivity contribution in [3.05, 3.63) is 48.2 Å². The van der Waals surface area contributed by atoms with E-state index in [9.17, 15) is 4.79 Å². The molecule has 0 saturated heterocycles. The smallest absolute Gasteiger partial charge is 0.224 e. The summed E-state index contributed by atoms with van der Waals surface area (Å²) in [7, 11) is 0. The Morgan fingerprint density at radius 1 is 1.27 bits per heavy atom. The second-order valence-corrected chi connectivity index (χ2v) is 5.12. The average Bonchev–Trinajstić information content (AvgIpc) is 2.51. The van der Waals surface area contributed by atoms with E-state index >= 15 is 0 Å². The first-order chi connectivity index (χ1) is 10.7. The van der Waals surface area contributed by atoms with E-state index in [4.69, 9.17) is 4.99 Å². The molecule has 0 aromatic heterocycles. The molecule has 0 bridgehead atoms. The van der Waals surface area contributed by atoms with Crippen LogP contribution in [-0.2, 0) is 4.79 Å². The maximum Gasteiger partial charge on any atom is 0.224 e. The molecule has 22 heavy (non-hydrogen) atoms. The van der Waals surface area contributed by atoms with Gasteiger partial charge in [0.1, 0.15) is 0 Å². The second-order valence-electron chi connectivity index (χ2n) is 5.12. The van der Waals surface area contributed by atoms with E-state index in [1.54, 1.807) is 0 Å². The quantitative estimate of drug-likeness (QED) is 0.835. The first-order valence-electron chi connectivity index (χ1n) is 7.82. The van der Waals surface area contributed by atoms with Gasteiger partial charge in [-0.15, -0.1) is 0 Å². The molecule has 0 unspecified atom stereocenters. The fourth-order valence-corrected chi connectivity index (χ4v) is 2.27. The number of hydrogen-bond acceptors (Lipinski definition) is 3. The van der Waals surface area contributed by atoms with Crippen molar-refractivity contribution in [2.24, 2.45) is 4.99 Å². The van der Waals surface area contributed by atoms with E-state index in [-0.39, 0.29) is 5.91 Å². The van der Waals surface area contributed by atoms with Gasteiger partial charge in [-0.05, 0) is 31.6 Å². The minimum absolute atomic E-state index is 0.0386. The van der Waals surface area contributed by atoms with Gasteiger partial charge in [0.25, 0.3) is 0 Å². The Kier molecular flexibility index (Phi) is 5.95.